The predicted molar refractivity (Wildman–Crippen MR) is 136 cm³/mol. The lowest BCUT2D eigenvalue weighted by atomic mass is 10.1. The number of benzene rings is 1. The van der Waals surface area contributed by atoms with Gasteiger partial charge in [0.15, 0.2) is 0 Å². The van der Waals surface area contributed by atoms with Crippen molar-refractivity contribution in [1.29, 1.82) is 0 Å². The molecular weight excluding hydrogens is 410 g/mol. The van der Waals surface area contributed by atoms with Crippen LogP contribution in [0, 0.1) is 6.92 Å². The SMILES string of the molecule is Cc1cc2cc(c1)N(C)c1cccc(n1)N(C)c1cccc(n1)N(C)c1cccc(n1)N2C. The van der Waals surface area contributed by atoms with E-state index in [-0.39, 0.29) is 0 Å². The molecule has 0 unspecified atom stereocenters. The largest absolute Gasteiger partial charge is 0.329 e. The molecule has 3 aromatic heterocycles. The molecule has 1 aliphatic heterocycles. The molecule has 0 spiro atoms. The standard InChI is InChI=1S/C26H27N7/c1-18-15-19-17-20(16-18)31(3)22-10-7-12-24(28-22)33(5)26-14-8-13-25(29-26)32(4)23-11-6-9-21(27-23)30(19)2/h6-17H,1-5H3. The number of aryl methyl sites for hydroxylation is 1. The van der Waals surface area contributed by atoms with Crippen LogP contribution in [-0.4, -0.2) is 43.1 Å². The Bertz CT molecular complexity index is 1230. The number of hydrogen-bond donors (Lipinski definition) is 0. The summed E-state index contributed by atoms with van der Waals surface area (Å²) in [6.45, 7) is 2.11. The van der Waals surface area contributed by atoms with Gasteiger partial charge in [0, 0.05) is 39.6 Å². The van der Waals surface area contributed by atoms with Crippen molar-refractivity contribution < 1.29 is 0 Å². The number of pyridine rings is 3. The van der Waals surface area contributed by atoms with Crippen LogP contribution in [0.15, 0.2) is 72.8 Å². The summed E-state index contributed by atoms with van der Waals surface area (Å²) < 4.78 is 0. The van der Waals surface area contributed by atoms with Gasteiger partial charge in [0.2, 0.25) is 0 Å². The highest BCUT2D eigenvalue weighted by Crippen LogP contribution is 2.33. The topological polar surface area (TPSA) is 51.6 Å². The molecule has 5 rings (SSSR count). The zero-order valence-electron chi connectivity index (χ0n) is 19.6. The summed E-state index contributed by atoms with van der Waals surface area (Å²) in [5, 5.41) is 0. The highest BCUT2D eigenvalue weighted by molar-refractivity contribution is 5.72. The maximum Gasteiger partial charge on any atom is 0.136 e. The maximum atomic E-state index is 4.93. The third kappa shape index (κ3) is 3.82. The van der Waals surface area contributed by atoms with Gasteiger partial charge >= 0.3 is 0 Å². The molecule has 0 saturated carbocycles. The van der Waals surface area contributed by atoms with Crippen LogP contribution >= 0.6 is 0 Å². The summed E-state index contributed by atoms with van der Waals surface area (Å²) >= 11 is 0. The van der Waals surface area contributed by atoms with E-state index in [9.17, 15) is 0 Å². The van der Waals surface area contributed by atoms with Crippen molar-refractivity contribution in [2.24, 2.45) is 0 Å². The van der Waals surface area contributed by atoms with Crippen LogP contribution in [0.4, 0.5) is 46.3 Å². The van der Waals surface area contributed by atoms with E-state index in [0.29, 0.717) is 0 Å². The van der Waals surface area contributed by atoms with Gasteiger partial charge in [-0.2, -0.15) is 0 Å². The van der Waals surface area contributed by atoms with E-state index in [2.05, 4.69) is 34.9 Å². The van der Waals surface area contributed by atoms with E-state index >= 15 is 0 Å². The first-order chi connectivity index (χ1) is 15.9. The average molecular weight is 438 g/mol. The van der Waals surface area contributed by atoms with E-state index in [4.69, 9.17) is 15.0 Å². The predicted octanol–water partition coefficient (Wildman–Crippen LogP) is 5.57. The molecule has 4 heterocycles. The van der Waals surface area contributed by atoms with Crippen LogP contribution in [0.1, 0.15) is 5.56 Å². The first-order valence-electron chi connectivity index (χ1n) is 10.9. The van der Waals surface area contributed by atoms with E-state index in [1.165, 1.54) is 5.56 Å². The zero-order chi connectivity index (χ0) is 23.1. The Labute approximate surface area is 194 Å². The summed E-state index contributed by atoms with van der Waals surface area (Å²) in [6.07, 6.45) is 0. The van der Waals surface area contributed by atoms with E-state index < -0.39 is 0 Å². The van der Waals surface area contributed by atoms with E-state index in [0.717, 1.165) is 46.3 Å². The number of nitrogens with zero attached hydrogens (tertiary/aromatic N) is 7. The molecule has 0 atom stereocenters. The fourth-order valence-electron chi connectivity index (χ4n) is 3.99. The Morgan fingerprint density at radius 3 is 1.09 bits per heavy atom. The number of rotatable bonds is 0. The molecule has 7 nitrogen and oxygen atoms in total. The van der Waals surface area contributed by atoms with Gasteiger partial charge in [0.25, 0.3) is 0 Å². The van der Waals surface area contributed by atoms with Crippen LogP contribution in [0.2, 0.25) is 0 Å². The van der Waals surface area contributed by atoms with Crippen LogP contribution in [0.3, 0.4) is 0 Å². The van der Waals surface area contributed by atoms with Crippen molar-refractivity contribution in [2.75, 3.05) is 47.8 Å². The van der Waals surface area contributed by atoms with Crippen molar-refractivity contribution in [3.8, 4) is 0 Å². The molecule has 0 amide bonds. The first-order valence-corrected chi connectivity index (χ1v) is 10.9. The normalized spacial score (nSPS) is 13.4. The van der Waals surface area contributed by atoms with E-state index in [1.54, 1.807) is 0 Å². The Kier molecular flexibility index (Phi) is 5.09. The van der Waals surface area contributed by atoms with Crippen molar-refractivity contribution in [3.05, 3.63) is 78.4 Å². The molecule has 0 radical (unpaired) electrons. The minimum Gasteiger partial charge on any atom is -0.329 e. The van der Waals surface area contributed by atoms with Crippen LogP contribution < -0.4 is 19.6 Å². The molecule has 0 N–H and O–H groups in total. The molecule has 0 saturated heterocycles. The second kappa shape index (κ2) is 8.09. The molecule has 33 heavy (non-hydrogen) atoms. The molecule has 0 fully saturated rings. The van der Waals surface area contributed by atoms with Gasteiger partial charge in [-0.05, 0) is 67.1 Å². The Morgan fingerprint density at radius 1 is 0.455 bits per heavy atom. The van der Waals surface area contributed by atoms with Crippen molar-refractivity contribution in [1.82, 2.24) is 15.0 Å². The van der Waals surface area contributed by atoms with Crippen LogP contribution in [0.25, 0.3) is 0 Å². The summed E-state index contributed by atoms with van der Waals surface area (Å²) in [6, 6.07) is 24.6. The highest BCUT2D eigenvalue weighted by atomic mass is 15.3. The lowest BCUT2D eigenvalue weighted by Gasteiger charge is -2.27. The minimum atomic E-state index is 0.810. The van der Waals surface area contributed by atoms with Gasteiger partial charge in [-0.3, -0.25) is 0 Å². The zero-order valence-corrected chi connectivity index (χ0v) is 19.6. The molecule has 166 valence electrons. The van der Waals surface area contributed by atoms with Gasteiger partial charge in [0.05, 0.1) is 0 Å². The smallest absolute Gasteiger partial charge is 0.136 e. The Balaban J connectivity index is 1.73. The van der Waals surface area contributed by atoms with Crippen LogP contribution in [0.5, 0.6) is 0 Å². The van der Waals surface area contributed by atoms with Gasteiger partial charge < -0.3 is 19.6 Å². The van der Waals surface area contributed by atoms with Crippen molar-refractivity contribution in [3.63, 3.8) is 0 Å². The maximum absolute atomic E-state index is 4.93. The van der Waals surface area contributed by atoms with Crippen molar-refractivity contribution >= 4 is 46.3 Å². The third-order valence-corrected chi connectivity index (χ3v) is 6.04. The van der Waals surface area contributed by atoms with E-state index in [1.807, 2.05) is 92.6 Å². The second-order valence-corrected chi connectivity index (χ2v) is 8.32. The fourth-order valence-corrected chi connectivity index (χ4v) is 3.99. The summed E-state index contributed by atoms with van der Waals surface area (Å²) in [7, 11) is 8.06. The number of anilines is 8. The van der Waals surface area contributed by atoms with Gasteiger partial charge in [-0.15, -0.1) is 0 Å². The molecule has 7 heteroatoms. The Morgan fingerprint density at radius 2 is 0.758 bits per heavy atom. The molecule has 1 aliphatic rings. The molecule has 1 aromatic carbocycles. The summed E-state index contributed by atoms with van der Waals surface area (Å²) in [5.74, 6) is 4.99. The van der Waals surface area contributed by atoms with Crippen molar-refractivity contribution in [2.45, 2.75) is 6.92 Å². The second-order valence-electron chi connectivity index (χ2n) is 8.32. The third-order valence-electron chi connectivity index (χ3n) is 6.04. The summed E-state index contributed by atoms with van der Waals surface area (Å²) in [4.78, 5) is 23.0. The van der Waals surface area contributed by atoms with Gasteiger partial charge in [-0.25, -0.2) is 15.0 Å². The molecule has 4 aromatic rings. The monoisotopic (exact) mass is 437 g/mol. The van der Waals surface area contributed by atoms with Crippen LogP contribution in [-0.2, 0) is 0 Å². The minimum absolute atomic E-state index is 0.810. The van der Waals surface area contributed by atoms with Gasteiger partial charge in [-0.1, -0.05) is 18.2 Å². The number of aromatic nitrogens is 3. The molecule has 0 aliphatic carbocycles. The first kappa shape index (κ1) is 20.8. The van der Waals surface area contributed by atoms with Gasteiger partial charge in [0.1, 0.15) is 34.9 Å². The number of fused-ring (bicyclic) bond motifs is 8. The fraction of sp³-hybridized carbons (Fsp3) is 0.192. The average Bonchev–Trinajstić information content (AvgIpc) is 2.86. The Hall–Kier alpha value is -4.13. The quantitative estimate of drug-likeness (QED) is 0.357. The lowest BCUT2D eigenvalue weighted by molar-refractivity contribution is 1.02. The molecular formula is C26H27N7. The number of hydrogen-bond acceptors (Lipinski definition) is 7. The summed E-state index contributed by atoms with van der Waals surface area (Å²) in [5.41, 5.74) is 3.29. The molecule has 8 bridgehead atoms. The highest BCUT2D eigenvalue weighted by Gasteiger charge is 2.16. The lowest BCUT2D eigenvalue weighted by Crippen LogP contribution is -2.20.